The van der Waals surface area contributed by atoms with Gasteiger partial charge in [-0.05, 0) is 67.6 Å². The van der Waals surface area contributed by atoms with Crippen LogP contribution in [0.2, 0.25) is 0 Å². The van der Waals surface area contributed by atoms with E-state index in [1.807, 2.05) is 12.1 Å². The highest BCUT2D eigenvalue weighted by Crippen LogP contribution is 2.31. The van der Waals surface area contributed by atoms with Gasteiger partial charge in [0.2, 0.25) is 0 Å². The molecule has 1 aromatic heterocycles. The van der Waals surface area contributed by atoms with E-state index in [1.165, 1.54) is 36.3 Å². The number of amides is 1. The Hall–Kier alpha value is -1.70. The van der Waals surface area contributed by atoms with Crippen LogP contribution in [-0.4, -0.2) is 30.6 Å². The van der Waals surface area contributed by atoms with E-state index in [1.54, 1.807) is 12.1 Å². The van der Waals surface area contributed by atoms with Crippen molar-refractivity contribution in [3.05, 3.63) is 41.3 Å². The van der Waals surface area contributed by atoms with Gasteiger partial charge in [-0.3, -0.25) is 4.79 Å². The molecule has 2 fully saturated rings. The summed E-state index contributed by atoms with van der Waals surface area (Å²) in [6.07, 6.45) is 4.38. The Morgan fingerprint density at radius 1 is 1.11 bits per heavy atom. The maximum absolute atomic E-state index is 12.5. The lowest BCUT2D eigenvalue weighted by atomic mass is 10.00. The highest BCUT2D eigenvalue weighted by molar-refractivity contribution is 7.17. The molecule has 3 heterocycles. The fourth-order valence-corrected chi connectivity index (χ4v) is 4.76. The molecule has 1 amide bonds. The summed E-state index contributed by atoms with van der Waals surface area (Å²) in [4.78, 5) is 14.1. The summed E-state index contributed by atoms with van der Waals surface area (Å²) in [7, 11) is 0. The number of ether oxygens (including phenoxy) is 1. The van der Waals surface area contributed by atoms with E-state index in [0.29, 0.717) is 17.0 Å². The van der Waals surface area contributed by atoms with Crippen LogP contribution in [0.3, 0.4) is 0 Å². The predicted molar refractivity (Wildman–Crippen MR) is 104 cm³/mol. The first-order valence-corrected chi connectivity index (χ1v) is 9.60. The number of hydrogen-bond donors (Lipinski definition) is 2. The molecule has 2 atom stereocenters. The van der Waals surface area contributed by atoms with Gasteiger partial charge in [0.05, 0.1) is 4.88 Å². The minimum Gasteiger partial charge on any atom is -0.435 e. The van der Waals surface area contributed by atoms with Gasteiger partial charge in [-0.15, -0.1) is 23.7 Å². The molecule has 2 aromatic rings. The topological polar surface area (TPSA) is 50.4 Å². The number of benzene rings is 1. The molecule has 4 nitrogen and oxygen atoms in total. The normalized spacial score (nSPS) is 23.7. The molecule has 0 radical (unpaired) electrons. The molecule has 8 heteroatoms. The summed E-state index contributed by atoms with van der Waals surface area (Å²) in [5.41, 5.74) is 0.871. The van der Waals surface area contributed by atoms with Crippen LogP contribution in [0, 0.1) is 0 Å². The summed E-state index contributed by atoms with van der Waals surface area (Å²) in [6.45, 7) is -2.83. The number of carbonyl (C=O) groups is 1. The van der Waals surface area contributed by atoms with Crippen molar-refractivity contribution >= 4 is 29.7 Å². The molecule has 146 valence electrons. The van der Waals surface area contributed by atoms with Gasteiger partial charge in [0.15, 0.2) is 0 Å². The second-order valence-corrected chi connectivity index (χ2v) is 7.93. The lowest BCUT2D eigenvalue weighted by Crippen LogP contribution is -2.47. The van der Waals surface area contributed by atoms with Crippen LogP contribution < -0.4 is 15.4 Å². The molecule has 2 aliphatic heterocycles. The molecular formula is C19H21ClF2N2O2S. The number of piperidine rings is 1. The number of nitrogens with one attached hydrogen (secondary N) is 2. The monoisotopic (exact) mass is 414 g/mol. The van der Waals surface area contributed by atoms with Gasteiger partial charge in [-0.25, -0.2) is 0 Å². The molecule has 27 heavy (non-hydrogen) atoms. The van der Waals surface area contributed by atoms with Crippen molar-refractivity contribution in [1.82, 2.24) is 10.6 Å². The second-order valence-electron chi connectivity index (χ2n) is 6.85. The minimum absolute atomic E-state index is 0. The zero-order valence-corrected chi connectivity index (χ0v) is 16.1. The summed E-state index contributed by atoms with van der Waals surface area (Å²) in [5, 5.41) is 6.73. The van der Waals surface area contributed by atoms with Crippen molar-refractivity contribution in [2.45, 2.75) is 50.4 Å². The second kappa shape index (κ2) is 8.54. The van der Waals surface area contributed by atoms with Crippen molar-refractivity contribution in [1.29, 1.82) is 0 Å². The van der Waals surface area contributed by atoms with Crippen molar-refractivity contribution in [3.8, 4) is 16.2 Å². The molecule has 2 unspecified atom stereocenters. The van der Waals surface area contributed by atoms with Gasteiger partial charge in [-0.2, -0.15) is 8.78 Å². The lowest BCUT2D eigenvalue weighted by Gasteiger charge is -2.29. The molecule has 2 aliphatic rings. The maximum atomic E-state index is 12.5. The molecule has 0 saturated carbocycles. The molecule has 1 aromatic carbocycles. The first-order chi connectivity index (χ1) is 12.6. The van der Waals surface area contributed by atoms with Crippen LogP contribution >= 0.6 is 23.7 Å². The van der Waals surface area contributed by atoms with E-state index >= 15 is 0 Å². The fraction of sp³-hybridized carbons (Fsp3) is 0.421. The third-order valence-corrected chi connectivity index (χ3v) is 6.14. The van der Waals surface area contributed by atoms with Gasteiger partial charge in [0.25, 0.3) is 5.91 Å². The van der Waals surface area contributed by atoms with Crippen LogP contribution in [0.1, 0.15) is 35.4 Å². The third-order valence-electron chi connectivity index (χ3n) is 5.00. The molecule has 2 bridgehead atoms. The van der Waals surface area contributed by atoms with Crippen molar-refractivity contribution in [2.75, 3.05) is 0 Å². The Morgan fingerprint density at radius 3 is 2.41 bits per heavy atom. The maximum Gasteiger partial charge on any atom is 0.387 e. The number of rotatable bonds is 5. The van der Waals surface area contributed by atoms with Crippen LogP contribution in [-0.2, 0) is 0 Å². The SMILES string of the molecule is Cl.O=C(NC1CC2CCC(C1)N2)c1ccc(-c2ccc(OC(F)F)cc2)s1. The lowest BCUT2D eigenvalue weighted by molar-refractivity contribution is -0.0498. The van der Waals surface area contributed by atoms with Crippen molar-refractivity contribution in [2.24, 2.45) is 0 Å². The average molecular weight is 415 g/mol. The Morgan fingerprint density at radius 2 is 1.78 bits per heavy atom. The first kappa shape index (κ1) is 20.0. The van der Waals surface area contributed by atoms with E-state index in [2.05, 4.69) is 15.4 Å². The number of carbonyl (C=O) groups excluding carboxylic acids is 1. The Labute approximate surface area is 166 Å². The Kier molecular flexibility index (Phi) is 6.34. The molecule has 0 aliphatic carbocycles. The minimum atomic E-state index is -2.83. The molecular weight excluding hydrogens is 394 g/mol. The van der Waals surface area contributed by atoms with Crippen LogP contribution in [0.4, 0.5) is 8.78 Å². The van der Waals surface area contributed by atoms with Crippen LogP contribution in [0.15, 0.2) is 36.4 Å². The van der Waals surface area contributed by atoms with Gasteiger partial charge in [0.1, 0.15) is 5.75 Å². The average Bonchev–Trinajstić information content (AvgIpc) is 3.22. The molecule has 0 spiro atoms. The molecule has 2 saturated heterocycles. The van der Waals surface area contributed by atoms with Gasteiger partial charge in [0, 0.05) is 23.0 Å². The highest BCUT2D eigenvalue weighted by Gasteiger charge is 2.34. The number of hydrogen-bond acceptors (Lipinski definition) is 4. The predicted octanol–water partition coefficient (Wildman–Crippen LogP) is 4.45. The van der Waals surface area contributed by atoms with E-state index in [0.717, 1.165) is 23.3 Å². The molecule has 2 N–H and O–H groups in total. The Bertz CT molecular complexity index is 772. The zero-order valence-electron chi connectivity index (χ0n) is 14.5. The summed E-state index contributed by atoms with van der Waals surface area (Å²) in [6, 6.07) is 11.4. The largest absolute Gasteiger partial charge is 0.435 e. The summed E-state index contributed by atoms with van der Waals surface area (Å²) < 4.78 is 28.8. The van der Waals surface area contributed by atoms with E-state index in [9.17, 15) is 13.6 Å². The van der Waals surface area contributed by atoms with Crippen molar-refractivity contribution in [3.63, 3.8) is 0 Å². The first-order valence-electron chi connectivity index (χ1n) is 8.79. The van der Waals surface area contributed by atoms with E-state index in [4.69, 9.17) is 0 Å². The smallest absolute Gasteiger partial charge is 0.387 e. The number of thiophene rings is 1. The standard InChI is InChI=1S/C19H20F2N2O2S.ClH/c20-19(21)25-15-5-1-11(2-6-15)16-7-8-17(26-16)18(24)23-14-9-12-3-4-13(10-14)22-12;/h1-2,5-8,12-14,19,22H,3-4,9-10H2,(H,23,24);1H. The van der Waals surface area contributed by atoms with Crippen LogP contribution in [0.5, 0.6) is 5.75 Å². The van der Waals surface area contributed by atoms with Gasteiger partial charge < -0.3 is 15.4 Å². The number of halogens is 3. The van der Waals surface area contributed by atoms with Crippen molar-refractivity contribution < 1.29 is 18.3 Å². The number of alkyl halides is 2. The quantitative estimate of drug-likeness (QED) is 0.759. The number of fused-ring (bicyclic) bond motifs is 2. The van der Waals surface area contributed by atoms with E-state index < -0.39 is 6.61 Å². The molecule has 4 rings (SSSR count). The third kappa shape index (κ3) is 4.78. The van der Waals surface area contributed by atoms with Crippen LogP contribution in [0.25, 0.3) is 10.4 Å². The van der Waals surface area contributed by atoms with Gasteiger partial charge in [-0.1, -0.05) is 0 Å². The zero-order chi connectivity index (χ0) is 18.1. The Balaban J connectivity index is 0.00000210. The highest BCUT2D eigenvalue weighted by atomic mass is 35.5. The fourth-order valence-electron chi connectivity index (χ4n) is 3.85. The van der Waals surface area contributed by atoms with E-state index in [-0.39, 0.29) is 30.1 Å². The summed E-state index contributed by atoms with van der Waals surface area (Å²) >= 11 is 1.40. The summed E-state index contributed by atoms with van der Waals surface area (Å²) in [5.74, 6) is 0.0871. The van der Waals surface area contributed by atoms with Gasteiger partial charge >= 0.3 is 6.61 Å².